The first-order valence-corrected chi connectivity index (χ1v) is 6.76. The molecule has 2 aromatic rings. The zero-order valence-corrected chi connectivity index (χ0v) is 12.2. The molecule has 2 rings (SSSR count). The summed E-state index contributed by atoms with van der Waals surface area (Å²) in [5, 5.41) is 2.74. The van der Waals surface area contributed by atoms with Crippen molar-refractivity contribution >= 4 is 5.91 Å². The molecule has 0 aliphatic heterocycles. The Labute approximate surface area is 123 Å². The SMILES string of the molecule is Cc1cccc(OCC(=O)NCc2ccc(F)c(C)c2)c1. The summed E-state index contributed by atoms with van der Waals surface area (Å²) in [5.41, 5.74) is 2.50. The van der Waals surface area contributed by atoms with Gasteiger partial charge in [0.25, 0.3) is 5.91 Å². The Morgan fingerprint density at radius 1 is 1.19 bits per heavy atom. The van der Waals surface area contributed by atoms with Crippen molar-refractivity contribution in [3.8, 4) is 5.75 Å². The Morgan fingerprint density at radius 3 is 2.71 bits per heavy atom. The predicted octanol–water partition coefficient (Wildman–Crippen LogP) is 3.14. The molecule has 0 radical (unpaired) electrons. The van der Waals surface area contributed by atoms with E-state index in [4.69, 9.17) is 4.74 Å². The van der Waals surface area contributed by atoms with E-state index in [0.29, 0.717) is 17.9 Å². The first kappa shape index (κ1) is 15.0. The van der Waals surface area contributed by atoms with Gasteiger partial charge in [-0.15, -0.1) is 0 Å². The molecule has 4 heteroatoms. The van der Waals surface area contributed by atoms with E-state index in [0.717, 1.165) is 11.1 Å². The molecule has 3 nitrogen and oxygen atoms in total. The summed E-state index contributed by atoms with van der Waals surface area (Å²) in [5.74, 6) is 0.217. The van der Waals surface area contributed by atoms with Crippen LogP contribution in [-0.4, -0.2) is 12.5 Å². The van der Waals surface area contributed by atoms with Crippen molar-refractivity contribution in [2.75, 3.05) is 6.61 Å². The third kappa shape index (κ3) is 4.60. The number of hydrogen-bond donors (Lipinski definition) is 1. The van der Waals surface area contributed by atoms with Gasteiger partial charge in [-0.3, -0.25) is 4.79 Å². The molecule has 0 fully saturated rings. The largest absolute Gasteiger partial charge is 0.484 e. The molecular formula is C17H18FNO2. The van der Waals surface area contributed by atoms with Gasteiger partial charge in [-0.2, -0.15) is 0 Å². The van der Waals surface area contributed by atoms with Crippen LogP contribution in [0.2, 0.25) is 0 Å². The number of nitrogens with one attached hydrogen (secondary N) is 1. The van der Waals surface area contributed by atoms with Crippen molar-refractivity contribution in [1.29, 1.82) is 0 Å². The highest BCUT2D eigenvalue weighted by molar-refractivity contribution is 5.77. The van der Waals surface area contributed by atoms with E-state index < -0.39 is 0 Å². The van der Waals surface area contributed by atoms with Crippen LogP contribution in [0.5, 0.6) is 5.75 Å². The smallest absolute Gasteiger partial charge is 0.258 e. The van der Waals surface area contributed by atoms with E-state index in [1.54, 1.807) is 19.1 Å². The monoisotopic (exact) mass is 287 g/mol. The highest BCUT2D eigenvalue weighted by Crippen LogP contribution is 2.12. The minimum absolute atomic E-state index is 0.0381. The quantitative estimate of drug-likeness (QED) is 0.917. The Bertz CT molecular complexity index is 640. The van der Waals surface area contributed by atoms with Gasteiger partial charge >= 0.3 is 0 Å². The molecule has 0 heterocycles. The van der Waals surface area contributed by atoms with Crippen molar-refractivity contribution < 1.29 is 13.9 Å². The Morgan fingerprint density at radius 2 is 2.00 bits per heavy atom. The lowest BCUT2D eigenvalue weighted by atomic mass is 10.1. The molecule has 0 aliphatic carbocycles. The lowest BCUT2D eigenvalue weighted by molar-refractivity contribution is -0.123. The number of ether oxygens (including phenoxy) is 1. The number of amides is 1. The van der Waals surface area contributed by atoms with E-state index in [1.807, 2.05) is 31.2 Å². The molecule has 1 amide bonds. The van der Waals surface area contributed by atoms with Crippen LogP contribution in [0.25, 0.3) is 0 Å². The van der Waals surface area contributed by atoms with E-state index in [1.165, 1.54) is 6.07 Å². The van der Waals surface area contributed by atoms with Crippen LogP contribution in [0.4, 0.5) is 4.39 Å². The van der Waals surface area contributed by atoms with Gasteiger partial charge in [0.15, 0.2) is 6.61 Å². The van der Waals surface area contributed by atoms with Gasteiger partial charge < -0.3 is 10.1 Å². The van der Waals surface area contributed by atoms with Crippen LogP contribution in [0.3, 0.4) is 0 Å². The second-order valence-corrected chi connectivity index (χ2v) is 4.97. The molecular weight excluding hydrogens is 269 g/mol. The molecule has 0 aliphatic rings. The standard InChI is InChI=1S/C17H18FNO2/c1-12-4-3-5-15(8-12)21-11-17(20)19-10-14-6-7-16(18)13(2)9-14/h3-9H,10-11H2,1-2H3,(H,19,20). The zero-order valence-electron chi connectivity index (χ0n) is 12.2. The van der Waals surface area contributed by atoms with Crippen LogP contribution in [0.1, 0.15) is 16.7 Å². The Hall–Kier alpha value is -2.36. The van der Waals surface area contributed by atoms with Gasteiger partial charge in [-0.25, -0.2) is 4.39 Å². The second-order valence-electron chi connectivity index (χ2n) is 4.97. The van der Waals surface area contributed by atoms with Gasteiger partial charge in [0.05, 0.1) is 0 Å². The van der Waals surface area contributed by atoms with Crippen LogP contribution >= 0.6 is 0 Å². The maximum atomic E-state index is 13.1. The van der Waals surface area contributed by atoms with Crippen LogP contribution in [-0.2, 0) is 11.3 Å². The minimum Gasteiger partial charge on any atom is -0.484 e. The molecule has 0 aromatic heterocycles. The molecule has 0 atom stereocenters. The molecule has 0 spiro atoms. The first-order chi connectivity index (χ1) is 10.0. The molecule has 0 bridgehead atoms. The molecule has 0 saturated heterocycles. The normalized spacial score (nSPS) is 10.2. The van der Waals surface area contributed by atoms with Crippen LogP contribution in [0, 0.1) is 19.7 Å². The molecule has 1 N–H and O–H groups in total. The van der Waals surface area contributed by atoms with Gasteiger partial charge in [-0.05, 0) is 48.7 Å². The van der Waals surface area contributed by atoms with Crippen LogP contribution in [0.15, 0.2) is 42.5 Å². The average molecular weight is 287 g/mol. The molecule has 0 saturated carbocycles. The van der Waals surface area contributed by atoms with Crippen molar-refractivity contribution in [1.82, 2.24) is 5.32 Å². The summed E-state index contributed by atoms with van der Waals surface area (Å²) in [6, 6.07) is 12.3. The number of rotatable bonds is 5. The molecule has 2 aromatic carbocycles. The molecule has 110 valence electrons. The maximum absolute atomic E-state index is 13.1. The van der Waals surface area contributed by atoms with Crippen molar-refractivity contribution in [2.24, 2.45) is 0 Å². The zero-order chi connectivity index (χ0) is 15.2. The van der Waals surface area contributed by atoms with Crippen molar-refractivity contribution in [3.63, 3.8) is 0 Å². The number of aryl methyl sites for hydroxylation is 2. The number of carbonyl (C=O) groups excluding carboxylic acids is 1. The van der Waals surface area contributed by atoms with E-state index >= 15 is 0 Å². The highest BCUT2D eigenvalue weighted by atomic mass is 19.1. The fourth-order valence-electron chi connectivity index (χ4n) is 1.92. The molecule has 0 unspecified atom stereocenters. The minimum atomic E-state index is -0.243. The fraction of sp³-hybridized carbons (Fsp3) is 0.235. The van der Waals surface area contributed by atoms with Gasteiger partial charge in [0, 0.05) is 6.54 Å². The van der Waals surface area contributed by atoms with Gasteiger partial charge in [0.2, 0.25) is 0 Å². The van der Waals surface area contributed by atoms with Gasteiger partial charge in [-0.1, -0.05) is 24.3 Å². The summed E-state index contributed by atoms with van der Waals surface area (Å²) in [7, 11) is 0. The summed E-state index contributed by atoms with van der Waals surface area (Å²) < 4.78 is 18.5. The third-order valence-corrected chi connectivity index (χ3v) is 3.07. The van der Waals surface area contributed by atoms with Gasteiger partial charge in [0.1, 0.15) is 11.6 Å². The Kier molecular flexibility index (Phi) is 4.93. The summed E-state index contributed by atoms with van der Waals surface area (Å²) >= 11 is 0. The predicted molar refractivity (Wildman–Crippen MR) is 79.7 cm³/mol. The summed E-state index contributed by atoms with van der Waals surface area (Å²) in [6.45, 7) is 3.98. The topological polar surface area (TPSA) is 38.3 Å². The summed E-state index contributed by atoms with van der Waals surface area (Å²) in [6.07, 6.45) is 0. The van der Waals surface area contributed by atoms with Crippen molar-refractivity contribution in [2.45, 2.75) is 20.4 Å². The number of benzene rings is 2. The third-order valence-electron chi connectivity index (χ3n) is 3.07. The number of halogens is 1. The van der Waals surface area contributed by atoms with Crippen molar-refractivity contribution in [3.05, 3.63) is 65.0 Å². The lowest BCUT2D eigenvalue weighted by Gasteiger charge is -2.08. The average Bonchev–Trinajstić information content (AvgIpc) is 2.46. The Balaban J connectivity index is 1.80. The lowest BCUT2D eigenvalue weighted by Crippen LogP contribution is -2.28. The highest BCUT2D eigenvalue weighted by Gasteiger charge is 2.04. The first-order valence-electron chi connectivity index (χ1n) is 6.76. The maximum Gasteiger partial charge on any atom is 0.258 e. The number of hydrogen-bond acceptors (Lipinski definition) is 2. The van der Waals surface area contributed by atoms with E-state index in [9.17, 15) is 9.18 Å². The number of carbonyl (C=O) groups is 1. The second kappa shape index (κ2) is 6.88. The molecule has 21 heavy (non-hydrogen) atoms. The van der Waals surface area contributed by atoms with E-state index in [2.05, 4.69) is 5.32 Å². The summed E-state index contributed by atoms with van der Waals surface area (Å²) in [4.78, 5) is 11.7. The fourth-order valence-corrected chi connectivity index (χ4v) is 1.92. The van der Waals surface area contributed by atoms with E-state index in [-0.39, 0.29) is 18.3 Å². The van der Waals surface area contributed by atoms with Crippen LogP contribution < -0.4 is 10.1 Å².